The maximum atomic E-state index is 10.3. The second-order valence-electron chi connectivity index (χ2n) is 1.44. The highest BCUT2D eigenvalue weighted by Crippen LogP contribution is 1.90. The molecule has 0 atom stereocenters. The molecule has 0 aliphatic rings. The van der Waals surface area contributed by atoms with Crippen LogP contribution in [-0.2, 0) is 10.0 Å². The number of hydrazine groups is 1. The van der Waals surface area contributed by atoms with Crippen LogP contribution in [0.4, 0.5) is 0 Å². The van der Waals surface area contributed by atoms with Gasteiger partial charge < -0.3 is 0 Å². The summed E-state index contributed by atoms with van der Waals surface area (Å²) in [5.74, 6) is 0. The van der Waals surface area contributed by atoms with Gasteiger partial charge in [-0.15, -0.1) is 0 Å². The highest BCUT2D eigenvalue weighted by molar-refractivity contribution is 7.88. The summed E-state index contributed by atoms with van der Waals surface area (Å²) < 4.78 is 20.6. The maximum absolute atomic E-state index is 10.3. The smallest absolute Gasteiger partial charge is 0.234 e. The first kappa shape index (κ1) is 8.15. The first-order chi connectivity index (χ1) is 3.85. The average Bonchev–Trinajstić information content (AvgIpc) is 1.62. The molecule has 0 amide bonds. The monoisotopic (exact) mass is 154 g/mol. The van der Waals surface area contributed by atoms with Crippen LogP contribution in [-0.4, -0.2) is 31.2 Å². The first-order valence-electron chi connectivity index (χ1n) is 1.94. The molecule has 0 N–H and O–H groups in total. The van der Waals surface area contributed by atoms with Gasteiger partial charge in [-0.3, -0.25) is 0 Å². The van der Waals surface area contributed by atoms with Gasteiger partial charge in [-0.05, 0) is 4.41 Å². The Kier molecular flexibility index (Phi) is 1.97. The summed E-state index contributed by atoms with van der Waals surface area (Å²) in [6, 6.07) is 0. The molecule has 0 fully saturated rings. The Morgan fingerprint density at radius 1 is 1.56 bits per heavy atom. The molecule has 6 nitrogen and oxygen atoms in total. The van der Waals surface area contributed by atoms with Crippen molar-refractivity contribution in [1.29, 1.82) is 0 Å². The number of nitrogens with zero attached hydrogens (tertiary/aromatic N) is 2. The van der Waals surface area contributed by atoms with Crippen LogP contribution in [0.1, 0.15) is 0 Å². The van der Waals surface area contributed by atoms with Crippen molar-refractivity contribution in [2.75, 3.05) is 13.3 Å². The number of hydrogen-bond acceptors (Lipinski definition) is 4. The normalized spacial score (nSPS) is 10.9. The average molecular weight is 154 g/mol. The fraction of sp³-hybridized carbons (Fsp3) is 1.00. The molecule has 7 heteroatoms. The molecule has 0 rings (SSSR count). The summed E-state index contributed by atoms with van der Waals surface area (Å²) in [5, 5.41) is 8.69. The SMILES string of the molecule is CN([N+](=O)[O-])S(C)(=O)=O. The summed E-state index contributed by atoms with van der Waals surface area (Å²) in [7, 11) is -2.80. The van der Waals surface area contributed by atoms with Crippen molar-refractivity contribution < 1.29 is 13.5 Å². The van der Waals surface area contributed by atoms with Crippen LogP contribution in [0.5, 0.6) is 0 Å². The molecule has 0 unspecified atom stereocenters. The number of sulfonamides is 1. The van der Waals surface area contributed by atoms with Crippen LogP contribution >= 0.6 is 0 Å². The lowest BCUT2D eigenvalue weighted by molar-refractivity contribution is -0.613. The minimum atomic E-state index is -3.67. The Balaban J connectivity index is 4.43. The fourth-order valence-electron chi connectivity index (χ4n) is 0.121. The van der Waals surface area contributed by atoms with Gasteiger partial charge in [0.05, 0.1) is 13.3 Å². The van der Waals surface area contributed by atoms with Crippen LogP contribution in [0.15, 0.2) is 0 Å². The minimum absolute atomic E-state index is 0.0486. The number of nitro groups is 1. The van der Waals surface area contributed by atoms with Gasteiger partial charge in [0.15, 0.2) is 5.03 Å². The van der Waals surface area contributed by atoms with Gasteiger partial charge in [-0.25, -0.2) is 18.5 Å². The lowest BCUT2D eigenvalue weighted by Crippen LogP contribution is -2.30. The topological polar surface area (TPSA) is 80.5 Å². The third-order valence-corrected chi connectivity index (χ3v) is 1.80. The number of rotatable bonds is 2. The Hall–Kier alpha value is -0.850. The zero-order valence-corrected chi connectivity index (χ0v) is 5.75. The zero-order chi connectivity index (χ0) is 7.65. The third kappa shape index (κ3) is 2.27. The summed E-state index contributed by atoms with van der Waals surface area (Å²) in [6.45, 7) is 0. The van der Waals surface area contributed by atoms with E-state index in [9.17, 15) is 18.5 Å². The molecular weight excluding hydrogens is 148 g/mol. The van der Waals surface area contributed by atoms with Crippen molar-refractivity contribution in [1.82, 2.24) is 4.41 Å². The van der Waals surface area contributed by atoms with Crippen LogP contribution in [0, 0.1) is 10.1 Å². The molecule has 0 spiro atoms. The van der Waals surface area contributed by atoms with Gasteiger partial charge in [0.1, 0.15) is 0 Å². The van der Waals surface area contributed by atoms with Crippen molar-refractivity contribution in [2.24, 2.45) is 0 Å². The lowest BCUT2D eigenvalue weighted by Gasteiger charge is -2.02. The van der Waals surface area contributed by atoms with E-state index < -0.39 is 15.1 Å². The molecule has 0 bridgehead atoms. The van der Waals surface area contributed by atoms with Crippen molar-refractivity contribution in [3.05, 3.63) is 10.1 Å². The summed E-state index contributed by atoms with van der Waals surface area (Å²) in [6.07, 6.45) is 0.760. The zero-order valence-electron chi connectivity index (χ0n) is 4.94. The van der Waals surface area contributed by atoms with Gasteiger partial charge in [0.2, 0.25) is 0 Å². The van der Waals surface area contributed by atoms with E-state index >= 15 is 0 Å². The molecule has 54 valence electrons. The van der Waals surface area contributed by atoms with Crippen molar-refractivity contribution >= 4 is 10.0 Å². The molecule has 0 saturated heterocycles. The van der Waals surface area contributed by atoms with Crippen LogP contribution in [0.2, 0.25) is 0 Å². The quantitative estimate of drug-likeness (QED) is 0.380. The van der Waals surface area contributed by atoms with Gasteiger partial charge in [-0.1, -0.05) is 0 Å². The molecule has 0 aliphatic heterocycles. The summed E-state index contributed by atoms with van der Waals surface area (Å²) >= 11 is 0. The second-order valence-corrected chi connectivity index (χ2v) is 3.43. The van der Waals surface area contributed by atoms with E-state index in [1.807, 2.05) is 0 Å². The number of hydrogen-bond donors (Lipinski definition) is 0. The van der Waals surface area contributed by atoms with Gasteiger partial charge in [-0.2, -0.15) is 0 Å². The largest absolute Gasteiger partial charge is 0.281 e. The maximum Gasteiger partial charge on any atom is 0.281 e. The molecule has 0 aliphatic carbocycles. The highest BCUT2D eigenvalue weighted by atomic mass is 32.2. The summed E-state index contributed by atoms with van der Waals surface area (Å²) in [5.41, 5.74) is 0. The Morgan fingerprint density at radius 2 is 1.89 bits per heavy atom. The van der Waals surface area contributed by atoms with Gasteiger partial charge in [0.25, 0.3) is 10.0 Å². The van der Waals surface area contributed by atoms with E-state index in [1.54, 1.807) is 0 Å². The molecule has 0 heterocycles. The second kappa shape index (κ2) is 2.18. The van der Waals surface area contributed by atoms with E-state index in [0.717, 1.165) is 13.3 Å². The Morgan fingerprint density at radius 3 is 1.89 bits per heavy atom. The van der Waals surface area contributed by atoms with Gasteiger partial charge >= 0.3 is 0 Å². The van der Waals surface area contributed by atoms with Crippen LogP contribution in [0.3, 0.4) is 0 Å². The molecule has 0 aromatic carbocycles. The van der Waals surface area contributed by atoms with E-state index in [2.05, 4.69) is 0 Å². The van der Waals surface area contributed by atoms with E-state index in [4.69, 9.17) is 0 Å². The fourth-order valence-corrected chi connectivity index (χ4v) is 0.363. The standard InChI is InChI=1S/C2H6N2O4S/c1-3(4(5)6)9(2,7)8/h1-2H3. The minimum Gasteiger partial charge on any atom is -0.234 e. The molecule has 9 heavy (non-hydrogen) atoms. The van der Waals surface area contributed by atoms with Crippen LogP contribution in [0.25, 0.3) is 0 Å². The molecule has 0 aromatic heterocycles. The third-order valence-electron chi connectivity index (χ3n) is 0.710. The van der Waals surface area contributed by atoms with E-state index in [0.29, 0.717) is 0 Å². The molecule has 0 radical (unpaired) electrons. The molecule has 0 saturated carbocycles. The summed E-state index contributed by atoms with van der Waals surface area (Å²) in [4.78, 5) is 9.70. The Labute approximate surface area is 52.2 Å². The van der Waals surface area contributed by atoms with Crippen molar-refractivity contribution in [2.45, 2.75) is 0 Å². The molecular formula is C2H6N2O4S. The highest BCUT2D eigenvalue weighted by Gasteiger charge is 2.18. The molecule has 0 aromatic rings. The van der Waals surface area contributed by atoms with Gasteiger partial charge in [0, 0.05) is 0 Å². The predicted octanol–water partition coefficient (Wildman–Crippen LogP) is -0.930. The lowest BCUT2D eigenvalue weighted by atomic mass is 11.5. The van der Waals surface area contributed by atoms with Crippen LogP contribution < -0.4 is 0 Å². The van der Waals surface area contributed by atoms with Crippen molar-refractivity contribution in [3.63, 3.8) is 0 Å². The van der Waals surface area contributed by atoms with E-state index in [-0.39, 0.29) is 4.41 Å². The Bertz CT molecular complexity index is 207. The predicted molar refractivity (Wildman–Crippen MR) is 29.6 cm³/mol. The van der Waals surface area contributed by atoms with Crippen molar-refractivity contribution in [3.8, 4) is 0 Å². The van der Waals surface area contributed by atoms with E-state index in [1.165, 1.54) is 0 Å². The first-order valence-corrected chi connectivity index (χ1v) is 3.78.